The molecule has 0 spiro atoms. The van der Waals surface area contributed by atoms with E-state index in [1.165, 1.54) is 0 Å². The highest BCUT2D eigenvalue weighted by Crippen LogP contribution is 2.17. The maximum absolute atomic E-state index is 12.7. The van der Waals surface area contributed by atoms with Crippen LogP contribution in [-0.4, -0.2) is 71.0 Å². The van der Waals surface area contributed by atoms with E-state index in [1.807, 2.05) is 84.9 Å². The first-order valence-electron chi connectivity index (χ1n) is 16.0. The van der Waals surface area contributed by atoms with Crippen LogP contribution in [0.25, 0.3) is 0 Å². The van der Waals surface area contributed by atoms with Crippen LogP contribution in [0.2, 0.25) is 0 Å². The van der Waals surface area contributed by atoms with Crippen LogP contribution >= 0.6 is 0 Å². The summed E-state index contributed by atoms with van der Waals surface area (Å²) in [5.41, 5.74) is 1.47. The molecule has 3 aromatic carbocycles. The number of benzene rings is 3. The highest BCUT2D eigenvalue weighted by molar-refractivity contribution is 5.68. The Bertz CT molecular complexity index is 1360. The minimum absolute atomic E-state index is 0.0558. The molecule has 0 aliphatic rings. The monoisotopic (exact) mass is 649 g/mol. The molecule has 0 heterocycles. The van der Waals surface area contributed by atoms with E-state index in [0.29, 0.717) is 25.2 Å². The molecule has 0 radical (unpaired) electrons. The minimum atomic E-state index is -1.03. The number of aliphatic hydroxyl groups excluding tert-OH is 2. The number of alkyl carbamates (subject to hydrolysis) is 2. The molecule has 0 fully saturated rings. The second kappa shape index (κ2) is 17.7. The van der Waals surface area contributed by atoms with Crippen molar-refractivity contribution in [2.24, 2.45) is 0 Å². The number of hydrogen-bond donors (Lipinski definition) is 5. The number of amides is 2. The molecule has 10 heteroatoms. The zero-order valence-electron chi connectivity index (χ0n) is 28.4. The van der Waals surface area contributed by atoms with Gasteiger partial charge in [0.15, 0.2) is 0 Å². The summed E-state index contributed by atoms with van der Waals surface area (Å²) >= 11 is 0. The maximum Gasteiger partial charge on any atom is 0.407 e. The SMILES string of the molecule is CC(C)(C)OC(=O)N[C@@H](Cc1ccc(OCc2ccccc2)cc1)[C@@H](O)CNCC(O)[C@@H](Cc1ccccc1)NC(=O)OC(C)(C)C. The average Bonchev–Trinajstić information content (AvgIpc) is 2.99. The van der Waals surface area contributed by atoms with Crippen LogP contribution in [0.3, 0.4) is 0 Å². The molecule has 256 valence electrons. The van der Waals surface area contributed by atoms with Crippen LogP contribution in [0.4, 0.5) is 9.59 Å². The van der Waals surface area contributed by atoms with Crippen molar-refractivity contribution in [3.63, 3.8) is 0 Å². The Hall–Kier alpha value is -4.12. The molecule has 5 N–H and O–H groups in total. The molecule has 0 saturated carbocycles. The van der Waals surface area contributed by atoms with Crippen LogP contribution in [0.15, 0.2) is 84.9 Å². The van der Waals surface area contributed by atoms with Gasteiger partial charge in [0.1, 0.15) is 23.6 Å². The molecular weight excluding hydrogens is 598 g/mol. The fourth-order valence-corrected chi connectivity index (χ4v) is 4.73. The zero-order valence-corrected chi connectivity index (χ0v) is 28.4. The minimum Gasteiger partial charge on any atom is -0.489 e. The van der Waals surface area contributed by atoms with Gasteiger partial charge in [0.05, 0.1) is 24.3 Å². The molecule has 1 unspecified atom stereocenters. The third-order valence-electron chi connectivity index (χ3n) is 6.97. The van der Waals surface area contributed by atoms with Gasteiger partial charge in [-0.15, -0.1) is 0 Å². The Balaban J connectivity index is 1.63. The van der Waals surface area contributed by atoms with Gasteiger partial charge in [-0.1, -0.05) is 72.8 Å². The first kappa shape index (κ1) is 37.3. The van der Waals surface area contributed by atoms with Crippen molar-refractivity contribution in [3.05, 3.63) is 102 Å². The lowest BCUT2D eigenvalue weighted by atomic mass is 10.00. The molecule has 0 aromatic heterocycles. The van der Waals surface area contributed by atoms with Crippen molar-refractivity contribution in [2.45, 2.75) is 96.5 Å². The van der Waals surface area contributed by atoms with Gasteiger partial charge >= 0.3 is 12.2 Å². The first-order valence-corrected chi connectivity index (χ1v) is 16.0. The molecular formula is C37H51N3O7. The summed E-state index contributed by atoms with van der Waals surface area (Å²) in [5.74, 6) is 0.704. The Morgan fingerprint density at radius 3 is 1.45 bits per heavy atom. The molecule has 47 heavy (non-hydrogen) atoms. The fourth-order valence-electron chi connectivity index (χ4n) is 4.73. The lowest BCUT2D eigenvalue weighted by Crippen LogP contribution is -2.53. The predicted octanol–water partition coefficient (Wildman–Crippen LogP) is 5.15. The molecule has 2 amide bonds. The van der Waals surface area contributed by atoms with Crippen molar-refractivity contribution < 1.29 is 34.0 Å². The summed E-state index contributed by atoms with van der Waals surface area (Å²) in [6, 6.07) is 25.5. The summed E-state index contributed by atoms with van der Waals surface area (Å²) in [4.78, 5) is 25.3. The molecule has 0 aliphatic heterocycles. The lowest BCUT2D eigenvalue weighted by Gasteiger charge is -2.29. The number of aliphatic hydroxyl groups is 2. The normalized spacial score (nSPS) is 14.3. The number of carbonyl (C=O) groups is 2. The van der Waals surface area contributed by atoms with Gasteiger partial charge in [-0.25, -0.2) is 9.59 Å². The topological polar surface area (TPSA) is 138 Å². The standard InChI is InChI=1S/C37H51N3O7/c1-36(2,3)46-34(43)39-30(21-26-13-9-7-10-14-26)32(41)23-38-24-33(42)31(40-35(44)47-37(4,5)6)22-27-17-19-29(20-18-27)45-25-28-15-11-8-12-16-28/h7-20,30-33,38,41-42H,21-25H2,1-6H3,(H,39,43)(H,40,44)/t30-,31+,32?,33+/m1/s1. The largest absolute Gasteiger partial charge is 0.489 e. The number of hydrogen-bond acceptors (Lipinski definition) is 8. The lowest BCUT2D eigenvalue weighted by molar-refractivity contribution is 0.0399. The van der Waals surface area contributed by atoms with E-state index < -0.39 is 47.7 Å². The summed E-state index contributed by atoms with van der Waals surface area (Å²) in [6.07, 6.45) is -2.62. The summed E-state index contributed by atoms with van der Waals surface area (Å²) in [6.45, 7) is 11.2. The van der Waals surface area contributed by atoms with Gasteiger partial charge in [0.2, 0.25) is 0 Å². The van der Waals surface area contributed by atoms with Gasteiger partial charge < -0.3 is 40.4 Å². The van der Waals surface area contributed by atoms with Gasteiger partial charge in [0, 0.05) is 13.1 Å². The van der Waals surface area contributed by atoms with E-state index in [4.69, 9.17) is 14.2 Å². The fraction of sp³-hybridized carbons (Fsp3) is 0.459. The van der Waals surface area contributed by atoms with Crippen molar-refractivity contribution >= 4 is 12.2 Å². The molecule has 3 rings (SSSR count). The molecule has 0 saturated heterocycles. The van der Waals surface area contributed by atoms with Gasteiger partial charge in [-0.2, -0.15) is 0 Å². The van der Waals surface area contributed by atoms with E-state index in [1.54, 1.807) is 41.5 Å². The molecule has 10 nitrogen and oxygen atoms in total. The van der Waals surface area contributed by atoms with Crippen LogP contribution in [0, 0.1) is 0 Å². The second-order valence-corrected chi connectivity index (χ2v) is 13.6. The van der Waals surface area contributed by atoms with Gasteiger partial charge in [0.25, 0.3) is 0 Å². The molecule has 4 atom stereocenters. The van der Waals surface area contributed by atoms with Crippen molar-refractivity contribution in [3.8, 4) is 5.75 Å². The third-order valence-corrected chi connectivity index (χ3v) is 6.97. The van der Waals surface area contributed by atoms with Crippen LogP contribution < -0.4 is 20.7 Å². The average molecular weight is 650 g/mol. The van der Waals surface area contributed by atoms with E-state index in [-0.39, 0.29) is 13.1 Å². The van der Waals surface area contributed by atoms with E-state index in [2.05, 4.69) is 16.0 Å². The number of rotatable bonds is 15. The van der Waals surface area contributed by atoms with Gasteiger partial charge in [-0.05, 0) is 83.2 Å². The number of carbonyl (C=O) groups excluding carboxylic acids is 2. The summed E-state index contributed by atoms with van der Waals surface area (Å²) < 4.78 is 16.8. The Kier molecular flexibility index (Phi) is 14.1. The Morgan fingerprint density at radius 2 is 1.02 bits per heavy atom. The zero-order chi connectivity index (χ0) is 34.5. The highest BCUT2D eigenvalue weighted by atomic mass is 16.6. The van der Waals surface area contributed by atoms with Gasteiger partial charge in [-0.3, -0.25) is 0 Å². The number of ether oxygens (including phenoxy) is 3. The maximum atomic E-state index is 12.7. The predicted molar refractivity (Wildman–Crippen MR) is 182 cm³/mol. The van der Waals surface area contributed by atoms with E-state index >= 15 is 0 Å². The molecule has 3 aromatic rings. The van der Waals surface area contributed by atoms with Crippen molar-refractivity contribution in [2.75, 3.05) is 13.1 Å². The number of nitrogens with one attached hydrogen (secondary N) is 3. The van der Waals surface area contributed by atoms with E-state index in [0.717, 1.165) is 16.7 Å². The summed E-state index contributed by atoms with van der Waals surface area (Å²) in [7, 11) is 0. The first-order chi connectivity index (χ1) is 22.2. The molecule has 0 aliphatic carbocycles. The van der Waals surface area contributed by atoms with Crippen molar-refractivity contribution in [1.82, 2.24) is 16.0 Å². The third kappa shape index (κ3) is 14.9. The van der Waals surface area contributed by atoms with Crippen LogP contribution in [0.5, 0.6) is 5.75 Å². The quantitative estimate of drug-likeness (QED) is 0.153. The molecule has 0 bridgehead atoms. The summed E-state index contributed by atoms with van der Waals surface area (Å²) in [5, 5.41) is 31.0. The van der Waals surface area contributed by atoms with Crippen LogP contribution in [0.1, 0.15) is 58.2 Å². The Morgan fingerprint density at radius 1 is 0.617 bits per heavy atom. The van der Waals surface area contributed by atoms with Crippen molar-refractivity contribution in [1.29, 1.82) is 0 Å². The second-order valence-electron chi connectivity index (χ2n) is 13.6. The van der Waals surface area contributed by atoms with Crippen LogP contribution in [-0.2, 0) is 28.9 Å². The van der Waals surface area contributed by atoms with E-state index in [9.17, 15) is 19.8 Å². The smallest absolute Gasteiger partial charge is 0.407 e. The Labute approximate surface area is 278 Å². The highest BCUT2D eigenvalue weighted by Gasteiger charge is 2.27.